The topological polar surface area (TPSA) is 64.3 Å². The van der Waals surface area contributed by atoms with E-state index in [0.717, 1.165) is 27.6 Å². The van der Waals surface area contributed by atoms with Crippen LogP contribution in [0.15, 0.2) is 30.3 Å². The summed E-state index contributed by atoms with van der Waals surface area (Å²) in [6, 6.07) is 9.99. The molecule has 0 saturated heterocycles. The number of hydrogen-bond acceptors (Lipinski definition) is 3. The quantitative estimate of drug-likeness (QED) is 0.872. The van der Waals surface area contributed by atoms with Crippen molar-refractivity contribution >= 4 is 16.7 Å². The van der Waals surface area contributed by atoms with Crippen LogP contribution in [0.1, 0.15) is 11.1 Å². The fraction of sp³-hybridized carbons (Fsp3) is 0.312. The molecule has 0 saturated carbocycles. The first-order chi connectivity index (χ1) is 9.65. The molecule has 2 aromatic rings. The Morgan fingerprint density at radius 2 is 2.10 bits per heavy atom. The van der Waals surface area contributed by atoms with E-state index in [1.54, 1.807) is 7.11 Å². The lowest BCUT2D eigenvalue weighted by Gasteiger charge is -2.11. The number of carbonyl (C=O) groups is 1. The highest BCUT2D eigenvalue weighted by Crippen LogP contribution is 2.26. The molecule has 0 aliphatic heterocycles. The van der Waals surface area contributed by atoms with Gasteiger partial charge in [0.25, 0.3) is 0 Å². The van der Waals surface area contributed by atoms with Gasteiger partial charge in [0.05, 0.1) is 13.5 Å². The molecule has 0 unspecified atom stereocenters. The predicted octanol–water partition coefficient (Wildman–Crippen LogP) is 1.77. The zero-order chi connectivity index (χ0) is 14.5. The fourth-order valence-corrected chi connectivity index (χ4v) is 2.27. The average molecular weight is 272 g/mol. The van der Waals surface area contributed by atoms with Gasteiger partial charge in [-0.25, -0.2) is 0 Å². The van der Waals surface area contributed by atoms with Gasteiger partial charge in [0.2, 0.25) is 5.91 Å². The van der Waals surface area contributed by atoms with Gasteiger partial charge < -0.3 is 15.8 Å². The Kier molecular flexibility index (Phi) is 4.58. The zero-order valence-electron chi connectivity index (χ0n) is 11.9. The number of aryl methyl sites for hydroxylation is 1. The Labute approximate surface area is 118 Å². The van der Waals surface area contributed by atoms with E-state index < -0.39 is 0 Å². The first-order valence-electron chi connectivity index (χ1n) is 6.68. The number of rotatable bonds is 5. The molecule has 0 bridgehead atoms. The Hall–Kier alpha value is -2.07. The molecule has 1 amide bonds. The molecule has 0 radical (unpaired) electrons. The molecular formula is C16H20N2O2. The molecule has 4 heteroatoms. The van der Waals surface area contributed by atoms with Gasteiger partial charge in [0, 0.05) is 13.1 Å². The number of hydrogen-bond donors (Lipinski definition) is 2. The van der Waals surface area contributed by atoms with Crippen molar-refractivity contribution in [1.29, 1.82) is 0 Å². The normalized spacial score (nSPS) is 10.6. The molecule has 0 aliphatic carbocycles. The SMILES string of the molecule is COc1ccc2c(C)c(CC(=O)NCCN)ccc2c1. The maximum absolute atomic E-state index is 11.8. The van der Waals surface area contributed by atoms with Gasteiger partial charge in [0.1, 0.15) is 5.75 Å². The molecular weight excluding hydrogens is 252 g/mol. The van der Waals surface area contributed by atoms with Gasteiger partial charge in [0.15, 0.2) is 0 Å². The van der Waals surface area contributed by atoms with Gasteiger partial charge in [-0.2, -0.15) is 0 Å². The monoisotopic (exact) mass is 272 g/mol. The van der Waals surface area contributed by atoms with Gasteiger partial charge in [-0.15, -0.1) is 0 Å². The minimum absolute atomic E-state index is 0.00594. The minimum atomic E-state index is 0.00594. The summed E-state index contributed by atoms with van der Waals surface area (Å²) in [5.41, 5.74) is 7.55. The van der Waals surface area contributed by atoms with Gasteiger partial charge in [-0.3, -0.25) is 4.79 Å². The number of nitrogens with one attached hydrogen (secondary N) is 1. The molecule has 0 fully saturated rings. The standard InChI is InChI=1S/C16H20N2O2/c1-11-12(10-16(19)18-8-7-17)3-4-13-9-14(20-2)5-6-15(11)13/h3-6,9H,7-8,10,17H2,1-2H3,(H,18,19). The third-order valence-electron chi connectivity index (χ3n) is 3.43. The van der Waals surface area contributed by atoms with E-state index in [1.807, 2.05) is 37.3 Å². The maximum atomic E-state index is 11.8. The second-order valence-corrected chi connectivity index (χ2v) is 4.75. The number of amides is 1. The summed E-state index contributed by atoms with van der Waals surface area (Å²) in [6.45, 7) is 3.02. The number of carbonyl (C=O) groups excluding carboxylic acids is 1. The first kappa shape index (κ1) is 14.3. The minimum Gasteiger partial charge on any atom is -0.497 e. The molecule has 0 heterocycles. The Bertz CT molecular complexity index is 623. The number of methoxy groups -OCH3 is 1. The zero-order valence-corrected chi connectivity index (χ0v) is 11.9. The number of fused-ring (bicyclic) bond motifs is 1. The summed E-state index contributed by atoms with van der Waals surface area (Å²) in [5, 5.41) is 5.06. The van der Waals surface area contributed by atoms with Gasteiger partial charge in [-0.05, 0) is 41.0 Å². The van der Waals surface area contributed by atoms with Crippen LogP contribution in [0.5, 0.6) is 5.75 Å². The summed E-state index contributed by atoms with van der Waals surface area (Å²) in [6.07, 6.45) is 0.383. The Balaban J connectivity index is 2.27. The smallest absolute Gasteiger partial charge is 0.224 e. The molecule has 2 aromatic carbocycles. The fourth-order valence-electron chi connectivity index (χ4n) is 2.27. The van der Waals surface area contributed by atoms with Gasteiger partial charge >= 0.3 is 0 Å². The maximum Gasteiger partial charge on any atom is 0.224 e. The van der Waals surface area contributed by atoms with E-state index >= 15 is 0 Å². The van der Waals surface area contributed by atoms with Crippen LogP contribution in [0, 0.1) is 6.92 Å². The number of nitrogens with two attached hydrogens (primary N) is 1. The van der Waals surface area contributed by atoms with Crippen molar-refractivity contribution in [2.45, 2.75) is 13.3 Å². The molecule has 0 aromatic heterocycles. The lowest BCUT2D eigenvalue weighted by Crippen LogP contribution is -2.30. The number of ether oxygens (including phenoxy) is 1. The van der Waals surface area contributed by atoms with Crippen molar-refractivity contribution in [1.82, 2.24) is 5.32 Å². The third-order valence-corrected chi connectivity index (χ3v) is 3.43. The van der Waals surface area contributed by atoms with Crippen molar-refractivity contribution in [3.05, 3.63) is 41.5 Å². The highest BCUT2D eigenvalue weighted by Gasteiger charge is 2.08. The van der Waals surface area contributed by atoms with Crippen LogP contribution in [0.4, 0.5) is 0 Å². The van der Waals surface area contributed by atoms with Crippen LogP contribution in [-0.2, 0) is 11.2 Å². The molecule has 0 aliphatic rings. The average Bonchev–Trinajstić information content (AvgIpc) is 2.47. The predicted molar refractivity (Wildman–Crippen MR) is 81.0 cm³/mol. The van der Waals surface area contributed by atoms with Crippen molar-refractivity contribution in [3.63, 3.8) is 0 Å². The van der Waals surface area contributed by atoms with Crippen LogP contribution < -0.4 is 15.8 Å². The lowest BCUT2D eigenvalue weighted by atomic mass is 9.98. The van der Waals surface area contributed by atoms with Crippen LogP contribution in [0.2, 0.25) is 0 Å². The van der Waals surface area contributed by atoms with E-state index in [2.05, 4.69) is 5.32 Å². The second-order valence-electron chi connectivity index (χ2n) is 4.75. The van der Waals surface area contributed by atoms with E-state index in [-0.39, 0.29) is 5.91 Å². The Morgan fingerprint density at radius 1 is 1.30 bits per heavy atom. The van der Waals surface area contributed by atoms with Crippen LogP contribution in [-0.4, -0.2) is 26.1 Å². The van der Waals surface area contributed by atoms with Crippen molar-refractivity contribution < 1.29 is 9.53 Å². The van der Waals surface area contributed by atoms with Crippen molar-refractivity contribution in [3.8, 4) is 5.75 Å². The second kappa shape index (κ2) is 6.39. The van der Waals surface area contributed by atoms with Crippen LogP contribution >= 0.6 is 0 Å². The largest absolute Gasteiger partial charge is 0.497 e. The van der Waals surface area contributed by atoms with Crippen LogP contribution in [0.3, 0.4) is 0 Å². The molecule has 3 N–H and O–H groups in total. The third kappa shape index (κ3) is 3.08. The summed E-state index contributed by atoms with van der Waals surface area (Å²) < 4.78 is 5.23. The van der Waals surface area contributed by atoms with E-state index in [0.29, 0.717) is 19.5 Å². The molecule has 4 nitrogen and oxygen atoms in total. The summed E-state index contributed by atoms with van der Waals surface area (Å²) in [4.78, 5) is 11.8. The highest BCUT2D eigenvalue weighted by atomic mass is 16.5. The lowest BCUT2D eigenvalue weighted by molar-refractivity contribution is -0.120. The van der Waals surface area contributed by atoms with E-state index in [1.165, 1.54) is 0 Å². The Morgan fingerprint density at radius 3 is 2.80 bits per heavy atom. The molecule has 0 spiro atoms. The van der Waals surface area contributed by atoms with Crippen molar-refractivity contribution in [2.24, 2.45) is 5.73 Å². The molecule has 2 rings (SSSR count). The summed E-state index contributed by atoms with van der Waals surface area (Å²) in [7, 11) is 1.66. The molecule has 0 atom stereocenters. The first-order valence-corrected chi connectivity index (χ1v) is 6.68. The molecule has 106 valence electrons. The summed E-state index contributed by atoms with van der Waals surface area (Å²) in [5.74, 6) is 0.844. The van der Waals surface area contributed by atoms with Crippen molar-refractivity contribution in [2.75, 3.05) is 20.2 Å². The van der Waals surface area contributed by atoms with Crippen LogP contribution in [0.25, 0.3) is 10.8 Å². The van der Waals surface area contributed by atoms with E-state index in [4.69, 9.17) is 10.5 Å². The summed E-state index contributed by atoms with van der Waals surface area (Å²) >= 11 is 0. The highest BCUT2D eigenvalue weighted by molar-refractivity contribution is 5.89. The number of benzene rings is 2. The molecule has 20 heavy (non-hydrogen) atoms. The van der Waals surface area contributed by atoms with Gasteiger partial charge in [-0.1, -0.05) is 18.2 Å². The van der Waals surface area contributed by atoms with E-state index in [9.17, 15) is 4.79 Å².